The van der Waals surface area contributed by atoms with Gasteiger partial charge in [-0.25, -0.2) is 9.48 Å². The van der Waals surface area contributed by atoms with Crippen LogP contribution in [0.3, 0.4) is 0 Å². The fourth-order valence-electron chi connectivity index (χ4n) is 5.02. The summed E-state index contributed by atoms with van der Waals surface area (Å²) < 4.78 is 7.32. The van der Waals surface area contributed by atoms with Gasteiger partial charge in [0.05, 0.1) is 23.5 Å². The van der Waals surface area contributed by atoms with Crippen LogP contribution in [0.15, 0.2) is 79.0 Å². The molecule has 6 bridgehead atoms. The fourth-order valence-corrected chi connectivity index (χ4v) is 5.02. The highest BCUT2D eigenvalue weighted by molar-refractivity contribution is 5.93. The number of ether oxygens (including phenoxy) is 1. The smallest absolute Gasteiger partial charge is 0.340 e. The molecule has 0 aliphatic carbocycles. The van der Waals surface area contributed by atoms with Crippen molar-refractivity contribution >= 4 is 5.97 Å². The molecule has 0 fully saturated rings. The highest BCUT2D eigenvalue weighted by atomic mass is 16.7. The number of hydroxylamine groups is 2. The van der Waals surface area contributed by atoms with Crippen molar-refractivity contribution in [1.29, 1.82) is 0 Å². The van der Waals surface area contributed by atoms with Gasteiger partial charge in [-0.1, -0.05) is 73.7 Å². The Bertz CT molecular complexity index is 1450. The van der Waals surface area contributed by atoms with Gasteiger partial charge in [0.1, 0.15) is 18.4 Å². The number of carbonyl (C=O) groups is 1. The van der Waals surface area contributed by atoms with Crippen molar-refractivity contribution in [3.63, 3.8) is 0 Å². The third-order valence-electron chi connectivity index (χ3n) is 7.02. The highest BCUT2D eigenvalue weighted by Crippen LogP contribution is 2.38. The number of rotatable bonds is 1. The number of esters is 1. The molecule has 2 unspecified atom stereocenters. The van der Waals surface area contributed by atoms with Gasteiger partial charge >= 0.3 is 5.97 Å². The van der Waals surface area contributed by atoms with E-state index in [0.29, 0.717) is 11.3 Å². The Labute approximate surface area is 230 Å². The van der Waals surface area contributed by atoms with E-state index >= 15 is 0 Å². The molecule has 202 valence electrons. The van der Waals surface area contributed by atoms with Crippen molar-refractivity contribution in [2.24, 2.45) is 5.92 Å². The van der Waals surface area contributed by atoms with Gasteiger partial charge in [0, 0.05) is 11.1 Å². The first kappa shape index (κ1) is 26.8. The fraction of sp³-hybridized carbons (Fsp3) is 0.344. The quantitative estimate of drug-likeness (QED) is 0.248. The van der Waals surface area contributed by atoms with Crippen molar-refractivity contribution < 1.29 is 14.4 Å². The molecule has 0 amide bonds. The Kier molecular flexibility index (Phi) is 7.38. The Balaban J connectivity index is 1.65. The van der Waals surface area contributed by atoms with E-state index in [9.17, 15) is 4.79 Å². The molecule has 7 nitrogen and oxygen atoms in total. The molecule has 7 heteroatoms. The average molecular weight is 525 g/mol. The summed E-state index contributed by atoms with van der Waals surface area (Å²) in [5.41, 5.74) is 5.53. The summed E-state index contributed by atoms with van der Waals surface area (Å²) in [4.78, 5) is 19.8. The number of nitrogens with zero attached hydrogens (tertiary/aromatic N) is 4. The van der Waals surface area contributed by atoms with Gasteiger partial charge in [-0.15, -0.1) is 5.10 Å². The molecule has 3 aromatic carbocycles. The Morgan fingerprint density at radius 3 is 2.41 bits per heavy atom. The van der Waals surface area contributed by atoms with Gasteiger partial charge in [-0.2, -0.15) is 5.06 Å². The lowest BCUT2D eigenvalue weighted by atomic mass is 9.91. The zero-order chi connectivity index (χ0) is 27.7. The number of aromatic nitrogens is 3. The van der Waals surface area contributed by atoms with Crippen LogP contribution in [0.25, 0.3) is 16.9 Å². The van der Waals surface area contributed by atoms with E-state index in [2.05, 4.69) is 75.1 Å². The number of hydrogen-bond donors (Lipinski definition) is 0. The van der Waals surface area contributed by atoms with Crippen molar-refractivity contribution in [3.8, 4) is 16.9 Å². The predicted molar refractivity (Wildman–Crippen MR) is 151 cm³/mol. The maximum absolute atomic E-state index is 13.1. The number of fused-ring (bicyclic) bond motifs is 7. The lowest BCUT2D eigenvalue weighted by Gasteiger charge is -2.44. The monoisotopic (exact) mass is 524 g/mol. The van der Waals surface area contributed by atoms with Crippen LogP contribution < -0.4 is 0 Å². The summed E-state index contributed by atoms with van der Waals surface area (Å²) >= 11 is 0. The lowest BCUT2D eigenvalue weighted by Crippen LogP contribution is -2.46. The van der Waals surface area contributed by atoms with Crippen molar-refractivity contribution in [2.75, 3.05) is 0 Å². The second-order valence-corrected chi connectivity index (χ2v) is 11.4. The normalized spacial score (nSPS) is 18.7. The van der Waals surface area contributed by atoms with Crippen LogP contribution in [0, 0.1) is 5.92 Å². The molecule has 2 aliphatic rings. The molecule has 2 atom stereocenters. The summed E-state index contributed by atoms with van der Waals surface area (Å²) in [6.07, 6.45) is 1.67. The van der Waals surface area contributed by atoms with Crippen LogP contribution >= 0.6 is 0 Å². The first-order valence-corrected chi connectivity index (χ1v) is 13.5. The molecule has 0 radical (unpaired) electrons. The second kappa shape index (κ2) is 10.8. The molecule has 3 heterocycles. The topological polar surface area (TPSA) is 69.5 Å². The summed E-state index contributed by atoms with van der Waals surface area (Å²) in [5, 5.41) is 11.0. The molecule has 0 N–H and O–H groups in total. The van der Waals surface area contributed by atoms with Gasteiger partial charge in [-0.3, -0.25) is 4.84 Å². The molecule has 4 aromatic rings. The van der Waals surface area contributed by atoms with Crippen molar-refractivity contribution in [2.45, 2.75) is 65.8 Å². The maximum Gasteiger partial charge on any atom is 0.340 e. The number of para-hydroxylation sites is 1. The number of carbonyl (C=O) groups excluding carboxylic acids is 1. The second-order valence-electron chi connectivity index (χ2n) is 11.4. The Morgan fingerprint density at radius 2 is 1.69 bits per heavy atom. The average Bonchev–Trinajstić information content (AvgIpc) is 3.41. The summed E-state index contributed by atoms with van der Waals surface area (Å²) in [6.45, 7) is 13.2. The van der Waals surface area contributed by atoms with E-state index in [1.165, 1.54) is 0 Å². The van der Waals surface area contributed by atoms with E-state index in [1.807, 2.05) is 54.7 Å². The van der Waals surface area contributed by atoms with E-state index in [4.69, 9.17) is 9.57 Å². The minimum Gasteiger partial charge on any atom is -0.457 e. The third kappa shape index (κ3) is 5.65. The summed E-state index contributed by atoms with van der Waals surface area (Å²) in [7, 11) is 0. The first-order chi connectivity index (χ1) is 18.6. The van der Waals surface area contributed by atoms with Gasteiger partial charge in [-0.05, 0) is 68.5 Å². The number of benzene rings is 3. The molecule has 0 saturated heterocycles. The highest BCUT2D eigenvalue weighted by Gasteiger charge is 2.35. The van der Waals surface area contributed by atoms with E-state index in [0.717, 1.165) is 27.9 Å². The minimum absolute atomic E-state index is 0.00412. The summed E-state index contributed by atoms with van der Waals surface area (Å²) in [5.74, 6) is -0.141. The van der Waals surface area contributed by atoms with Crippen LogP contribution in [0.5, 0.6) is 0 Å². The van der Waals surface area contributed by atoms with Gasteiger partial charge in [0.25, 0.3) is 0 Å². The third-order valence-corrected chi connectivity index (χ3v) is 7.02. The van der Waals surface area contributed by atoms with Gasteiger partial charge in [0.15, 0.2) is 0 Å². The molecule has 39 heavy (non-hydrogen) atoms. The SMILES string of the molecule is CC1ON(C(C)(C)C)C(C(C)C)c2cccc(c2)-c2cn(nn2)-c2ccccc2C(=O)OCc2ccc1cc2. The molecular formula is C32H36N4O3. The largest absolute Gasteiger partial charge is 0.457 e. The Morgan fingerprint density at radius 1 is 0.949 bits per heavy atom. The maximum atomic E-state index is 13.1. The molecule has 0 spiro atoms. The van der Waals surface area contributed by atoms with Crippen LogP contribution in [0.1, 0.15) is 80.7 Å². The molecule has 0 saturated carbocycles. The first-order valence-electron chi connectivity index (χ1n) is 13.5. The molecule has 2 aliphatic heterocycles. The standard InChI is InChI=1S/C32H36N4O3/c1-21(2)30-26-11-9-10-25(18-26)28-19-35(34-33-28)29-13-8-7-12-27(29)31(37)38-20-23-14-16-24(17-15-23)22(3)39-36(30)32(4,5)6/h7-19,21-22,30H,20H2,1-6H3. The van der Waals surface area contributed by atoms with E-state index in [1.54, 1.807) is 10.7 Å². The van der Waals surface area contributed by atoms with E-state index < -0.39 is 5.97 Å². The van der Waals surface area contributed by atoms with Crippen LogP contribution in [0.4, 0.5) is 0 Å². The van der Waals surface area contributed by atoms with Gasteiger partial charge < -0.3 is 4.74 Å². The summed E-state index contributed by atoms with van der Waals surface area (Å²) in [6, 6.07) is 23.7. The zero-order valence-corrected chi connectivity index (χ0v) is 23.5. The number of hydrogen-bond acceptors (Lipinski definition) is 6. The van der Waals surface area contributed by atoms with Gasteiger partial charge in [0.2, 0.25) is 0 Å². The Hall–Kier alpha value is -3.81. The molecular weight excluding hydrogens is 488 g/mol. The van der Waals surface area contributed by atoms with Crippen LogP contribution in [-0.2, 0) is 16.2 Å². The predicted octanol–water partition coefficient (Wildman–Crippen LogP) is 7.10. The zero-order valence-electron chi connectivity index (χ0n) is 23.5. The van der Waals surface area contributed by atoms with Crippen molar-refractivity contribution in [3.05, 3.63) is 101 Å². The van der Waals surface area contributed by atoms with Crippen LogP contribution in [0.2, 0.25) is 0 Å². The van der Waals surface area contributed by atoms with Crippen LogP contribution in [-0.4, -0.2) is 31.6 Å². The van der Waals surface area contributed by atoms with E-state index in [-0.39, 0.29) is 30.2 Å². The minimum atomic E-state index is -0.413. The van der Waals surface area contributed by atoms with Crippen molar-refractivity contribution in [1.82, 2.24) is 20.1 Å². The molecule has 6 rings (SSSR count). The lowest BCUT2D eigenvalue weighted by molar-refractivity contribution is -0.272. The molecule has 1 aromatic heterocycles.